The Labute approximate surface area is 182 Å². The van der Waals surface area contributed by atoms with Crippen LogP contribution in [0.5, 0.6) is 5.75 Å². The highest BCUT2D eigenvalue weighted by atomic mass is 16.5. The van der Waals surface area contributed by atoms with Gasteiger partial charge >= 0.3 is 0 Å². The van der Waals surface area contributed by atoms with Crippen molar-refractivity contribution in [1.29, 1.82) is 5.26 Å². The summed E-state index contributed by atoms with van der Waals surface area (Å²) in [5.41, 5.74) is 1.74. The van der Waals surface area contributed by atoms with Crippen LogP contribution in [-0.4, -0.2) is 40.5 Å². The van der Waals surface area contributed by atoms with Gasteiger partial charge in [0.2, 0.25) is 5.91 Å². The Morgan fingerprint density at radius 1 is 1.39 bits per heavy atom. The van der Waals surface area contributed by atoms with Crippen LogP contribution in [-0.2, 0) is 11.2 Å². The van der Waals surface area contributed by atoms with Crippen molar-refractivity contribution in [2.45, 2.75) is 19.3 Å². The largest absolute Gasteiger partial charge is 0.494 e. The highest BCUT2D eigenvalue weighted by molar-refractivity contribution is 6.02. The standard InChI is InChI=1S/C21H21N7O3/c1-23-21(30)14-10-24-17(27-20(29)13-3-4-13)9-15(14)26-16-11-25-28-8-6-12(5-7-22)19(31-2)18(16)28/h6,8-11,13H,3-5H2,1-2H3,(H,23,30)(H2,24,26,27,29)/i1D3. The summed E-state index contributed by atoms with van der Waals surface area (Å²) >= 11 is 0. The van der Waals surface area contributed by atoms with Gasteiger partial charge < -0.3 is 20.7 Å². The van der Waals surface area contributed by atoms with Gasteiger partial charge in [-0.1, -0.05) is 0 Å². The first-order valence-corrected chi connectivity index (χ1v) is 9.51. The normalized spacial score (nSPS) is 14.6. The monoisotopic (exact) mass is 422 g/mol. The second-order valence-electron chi connectivity index (χ2n) is 7.02. The van der Waals surface area contributed by atoms with Gasteiger partial charge in [-0.15, -0.1) is 0 Å². The van der Waals surface area contributed by atoms with Crippen LogP contribution in [0.4, 0.5) is 17.2 Å². The smallest absolute Gasteiger partial charge is 0.254 e. The Bertz CT molecular complexity index is 1310. The maximum absolute atomic E-state index is 12.7. The molecule has 2 amide bonds. The van der Waals surface area contributed by atoms with Gasteiger partial charge in [0.25, 0.3) is 5.91 Å². The van der Waals surface area contributed by atoms with Crippen molar-refractivity contribution in [3.05, 3.63) is 41.9 Å². The maximum atomic E-state index is 12.7. The summed E-state index contributed by atoms with van der Waals surface area (Å²) in [7, 11) is 1.47. The molecular weight excluding hydrogens is 398 g/mol. The second-order valence-corrected chi connectivity index (χ2v) is 7.02. The number of anilines is 3. The van der Waals surface area contributed by atoms with Gasteiger partial charge in [0.05, 0.1) is 42.7 Å². The van der Waals surface area contributed by atoms with E-state index in [2.05, 4.69) is 26.8 Å². The summed E-state index contributed by atoms with van der Waals surface area (Å²) < 4.78 is 29.1. The van der Waals surface area contributed by atoms with Crippen molar-refractivity contribution in [1.82, 2.24) is 19.9 Å². The molecule has 31 heavy (non-hydrogen) atoms. The lowest BCUT2D eigenvalue weighted by Crippen LogP contribution is -2.20. The van der Waals surface area contributed by atoms with E-state index >= 15 is 0 Å². The number of hydrogen-bond donors (Lipinski definition) is 3. The van der Waals surface area contributed by atoms with Crippen molar-refractivity contribution >= 4 is 34.5 Å². The van der Waals surface area contributed by atoms with E-state index in [0.29, 0.717) is 22.5 Å². The number of aromatic nitrogens is 3. The number of rotatable bonds is 7. The minimum atomic E-state index is -2.70. The number of carbonyl (C=O) groups is 2. The number of nitriles is 1. The summed E-state index contributed by atoms with van der Waals surface area (Å²) in [4.78, 5) is 29.0. The number of fused-ring (bicyclic) bond motifs is 1. The number of amides is 2. The first-order chi connectivity index (χ1) is 16.2. The number of methoxy groups -OCH3 is 1. The highest BCUT2D eigenvalue weighted by Gasteiger charge is 2.30. The average molecular weight is 422 g/mol. The molecule has 1 aliphatic carbocycles. The van der Waals surface area contributed by atoms with Crippen LogP contribution >= 0.6 is 0 Å². The molecule has 10 nitrogen and oxygen atoms in total. The fourth-order valence-electron chi connectivity index (χ4n) is 3.23. The molecule has 3 aromatic heterocycles. The lowest BCUT2D eigenvalue weighted by atomic mass is 10.1. The minimum absolute atomic E-state index is 0.0490. The van der Waals surface area contributed by atoms with Crippen molar-refractivity contribution in [2.75, 3.05) is 24.7 Å². The quantitative estimate of drug-likeness (QED) is 0.532. The van der Waals surface area contributed by atoms with Crippen molar-refractivity contribution in [3.8, 4) is 11.8 Å². The molecule has 1 aliphatic rings. The third kappa shape index (κ3) is 3.98. The molecule has 0 bridgehead atoms. The van der Waals surface area contributed by atoms with Crippen LogP contribution in [0, 0.1) is 17.2 Å². The lowest BCUT2D eigenvalue weighted by Gasteiger charge is -2.14. The van der Waals surface area contributed by atoms with Gasteiger partial charge in [-0.25, -0.2) is 9.50 Å². The van der Waals surface area contributed by atoms with E-state index < -0.39 is 12.9 Å². The fraction of sp³-hybridized carbons (Fsp3) is 0.286. The fourth-order valence-corrected chi connectivity index (χ4v) is 3.23. The average Bonchev–Trinajstić information content (AvgIpc) is 3.55. The molecule has 158 valence electrons. The zero-order valence-electron chi connectivity index (χ0n) is 19.6. The summed E-state index contributed by atoms with van der Waals surface area (Å²) in [5, 5.41) is 21.1. The van der Waals surface area contributed by atoms with Crippen molar-refractivity contribution in [2.24, 2.45) is 5.92 Å². The summed E-state index contributed by atoms with van der Waals surface area (Å²) in [6.07, 6.45) is 6.10. The van der Waals surface area contributed by atoms with E-state index in [-0.39, 0.29) is 35.3 Å². The zero-order chi connectivity index (χ0) is 24.5. The second kappa shape index (κ2) is 8.31. The van der Waals surface area contributed by atoms with E-state index in [0.717, 1.165) is 12.8 Å². The van der Waals surface area contributed by atoms with Gasteiger partial charge in [-0.05, 0) is 18.9 Å². The van der Waals surface area contributed by atoms with Crippen molar-refractivity contribution in [3.63, 3.8) is 0 Å². The number of nitrogens with one attached hydrogen (secondary N) is 3. The number of ether oxygens (including phenoxy) is 1. The first kappa shape index (κ1) is 16.6. The molecule has 0 atom stereocenters. The molecule has 0 saturated heterocycles. The van der Waals surface area contributed by atoms with Gasteiger partial charge in [0.1, 0.15) is 11.3 Å². The predicted octanol–water partition coefficient (Wildman–Crippen LogP) is 2.26. The van der Waals surface area contributed by atoms with Crippen LogP contribution < -0.4 is 20.7 Å². The summed E-state index contributed by atoms with van der Waals surface area (Å²) in [5.74, 6) is -0.466. The van der Waals surface area contributed by atoms with Crippen molar-refractivity contribution < 1.29 is 18.4 Å². The third-order valence-corrected chi connectivity index (χ3v) is 4.92. The third-order valence-electron chi connectivity index (χ3n) is 4.92. The summed E-state index contributed by atoms with van der Waals surface area (Å²) in [6, 6.07) is 5.26. The van der Waals surface area contributed by atoms with Crippen LogP contribution in [0.25, 0.3) is 5.52 Å². The van der Waals surface area contributed by atoms with Crippen LogP contribution in [0.15, 0.2) is 30.7 Å². The van der Waals surface area contributed by atoms with E-state index in [1.54, 1.807) is 16.8 Å². The molecular formula is C21H21N7O3. The molecule has 3 N–H and O–H groups in total. The van der Waals surface area contributed by atoms with E-state index in [1.165, 1.54) is 25.6 Å². The molecule has 0 aliphatic heterocycles. The highest BCUT2D eigenvalue weighted by Crippen LogP contribution is 2.34. The minimum Gasteiger partial charge on any atom is -0.494 e. The Hall–Kier alpha value is -4.13. The molecule has 1 saturated carbocycles. The Morgan fingerprint density at radius 3 is 2.94 bits per heavy atom. The van der Waals surface area contributed by atoms with Crippen LogP contribution in [0.3, 0.4) is 0 Å². The van der Waals surface area contributed by atoms with Gasteiger partial charge in [0.15, 0.2) is 5.75 Å². The van der Waals surface area contributed by atoms with Crippen LogP contribution in [0.1, 0.15) is 32.9 Å². The molecule has 1 fully saturated rings. The Morgan fingerprint density at radius 2 is 2.23 bits per heavy atom. The zero-order valence-corrected chi connectivity index (χ0v) is 16.6. The van der Waals surface area contributed by atoms with Gasteiger partial charge in [0, 0.05) is 41.0 Å². The molecule has 10 heteroatoms. The number of nitrogens with zero attached hydrogens (tertiary/aromatic N) is 4. The molecule has 0 radical (unpaired) electrons. The SMILES string of the molecule is [2H]C([2H])([2H])NC(=O)c1cnc(NC(=O)C2CC2)cc1Nc1cnn2ccc(CC#N)c(OC)c12. The number of pyridine rings is 2. The Balaban J connectivity index is 1.76. The molecule has 0 aromatic carbocycles. The molecule has 3 aromatic rings. The molecule has 0 unspecified atom stereocenters. The Kier molecular flexibility index (Phi) is 4.46. The molecule has 3 heterocycles. The number of hydrogen-bond acceptors (Lipinski definition) is 7. The topological polar surface area (TPSA) is 133 Å². The first-order valence-electron chi connectivity index (χ1n) is 11.0. The van der Waals surface area contributed by atoms with E-state index in [4.69, 9.17) is 14.1 Å². The molecule has 4 rings (SSSR count). The van der Waals surface area contributed by atoms with E-state index in [1.807, 2.05) is 5.32 Å². The van der Waals surface area contributed by atoms with Crippen LogP contribution in [0.2, 0.25) is 0 Å². The summed E-state index contributed by atoms with van der Waals surface area (Å²) in [6.45, 7) is -2.70. The number of carbonyl (C=O) groups excluding carboxylic acids is 2. The van der Waals surface area contributed by atoms with E-state index in [9.17, 15) is 9.59 Å². The predicted molar refractivity (Wildman–Crippen MR) is 113 cm³/mol. The van der Waals surface area contributed by atoms with Gasteiger partial charge in [-0.2, -0.15) is 10.4 Å². The lowest BCUT2D eigenvalue weighted by molar-refractivity contribution is -0.117. The molecule has 0 spiro atoms. The maximum Gasteiger partial charge on any atom is 0.254 e. The van der Waals surface area contributed by atoms with Gasteiger partial charge in [-0.3, -0.25) is 9.59 Å².